The van der Waals surface area contributed by atoms with Crippen molar-refractivity contribution >= 4 is 23.1 Å². The van der Waals surface area contributed by atoms with E-state index in [1.165, 1.54) is 6.21 Å². The molecule has 3 rings (SSSR count). The number of nitrogens with one attached hydrogen (secondary N) is 1. The van der Waals surface area contributed by atoms with Crippen molar-refractivity contribution < 1.29 is 5.11 Å². The number of hydrogen-bond acceptors (Lipinski definition) is 5. The van der Waals surface area contributed by atoms with Gasteiger partial charge >= 0.3 is 0 Å². The molecule has 20 heavy (non-hydrogen) atoms. The molecular formula is C15H12N4O. The van der Waals surface area contributed by atoms with Gasteiger partial charge in [0.05, 0.1) is 23.4 Å². The van der Waals surface area contributed by atoms with E-state index in [1.54, 1.807) is 24.4 Å². The smallest absolute Gasteiger partial charge is 0.165 e. The molecule has 1 heterocycles. The summed E-state index contributed by atoms with van der Waals surface area (Å²) in [6.07, 6.45) is 3.15. The van der Waals surface area contributed by atoms with Crippen LogP contribution in [0.4, 0.5) is 5.82 Å². The monoisotopic (exact) mass is 264 g/mol. The summed E-state index contributed by atoms with van der Waals surface area (Å²) < 4.78 is 0. The van der Waals surface area contributed by atoms with Crippen LogP contribution in [-0.4, -0.2) is 21.3 Å². The fraction of sp³-hybridized carbons (Fsp3) is 0. The molecule has 0 saturated carbocycles. The van der Waals surface area contributed by atoms with Crippen LogP contribution >= 0.6 is 0 Å². The Morgan fingerprint density at radius 1 is 1.00 bits per heavy atom. The van der Waals surface area contributed by atoms with E-state index in [9.17, 15) is 5.11 Å². The molecule has 0 unspecified atom stereocenters. The molecule has 0 fully saturated rings. The Hall–Kier alpha value is -2.95. The molecule has 0 saturated heterocycles. The first-order valence-corrected chi connectivity index (χ1v) is 6.12. The van der Waals surface area contributed by atoms with Gasteiger partial charge in [0.25, 0.3) is 0 Å². The summed E-state index contributed by atoms with van der Waals surface area (Å²) in [7, 11) is 0. The number of nitrogens with zero attached hydrogens (tertiary/aromatic N) is 3. The Morgan fingerprint density at radius 2 is 1.75 bits per heavy atom. The van der Waals surface area contributed by atoms with Gasteiger partial charge in [-0.1, -0.05) is 24.3 Å². The summed E-state index contributed by atoms with van der Waals surface area (Å²) in [5.74, 6) is 0.734. The molecule has 0 aliphatic carbocycles. The van der Waals surface area contributed by atoms with Crippen molar-refractivity contribution in [1.82, 2.24) is 9.97 Å². The van der Waals surface area contributed by atoms with Crippen LogP contribution in [0.15, 0.2) is 59.8 Å². The summed E-state index contributed by atoms with van der Waals surface area (Å²) in [6.45, 7) is 0. The van der Waals surface area contributed by atoms with E-state index in [4.69, 9.17) is 0 Å². The van der Waals surface area contributed by atoms with E-state index < -0.39 is 0 Å². The average molecular weight is 264 g/mol. The van der Waals surface area contributed by atoms with Gasteiger partial charge in [-0.3, -0.25) is 10.4 Å². The zero-order valence-electron chi connectivity index (χ0n) is 10.6. The number of para-hydroxylation sites is 3. The summed E-state index contributed by atoms with van der Waals surface area (Å²) in [4.78, 5) is 8.66. The lowest BCUT2D eigenvalue weighted by molar-refractivity contribution is 0.474. The van der Waals surface area contributed by atoms with Crippen LogP contribution < -0.4 is 5.43 Å². The molecule has 98 valence electrons. The molecule has 0 radical (unpaired) electrons. The quantitative estimate of drug-likeness (QED) is 0.563. The Balaban J connectivity index is 1.78. The highest BCUT2D eigenvalue weighted by Crippen LogP contribution is 2.13. The maximum absolute atomic E-state index is 9.60. The third-order valence-electron chi connectivity index (χ3n) is 2.77. The second-order valence-corrected chi connectivity index (χ2v) is 4.17. The second kappa shape index (κ2) is 5.36. The van der Waals surface area contributed by atoms with Crippen LogP contribution in [0.2, 0.25) is 0 Å². The maximum Gasteiger partial charge on any atom is 0.165 e. The third kappa shape index (κ3) is 2.56. The van der Waals surface area contributed by atoms with Gasteiger partial charge in [0.2, 0.25) is 0 Å². The predicted octanol–water partition coefficient (Wildman–Crippen LogP) is 2.78. The fourth-order valence-corrected chi connectivity index (χ4v) is 1.78. The van der Waals surface area contributed by atoms with Gasteiger partial charge in [-0.05, 0) is 24.3 Å². The van der Waals surface area contributed by atoms with Crippen LogP contribution in [-0.2, 0) is 0 Å². The first-order chi connectivity index (χ1) is 9.83. The molecule has 0 aliphatic rings. The van der Waals surface area contributed by atoms with Crippen LogP contribution in [0.25, 0.3) is 11.0 Å². The van der Waals surface area contributed by atoms with Gasteiger partial charge in [0, 0.05) is 5.56 Å². The molecular weight excluding hydrogens is 252 g/mol. The minimum atomic E-state index is 0.183. The molecule has 2 aromatic carbocycles. The van der Waals surface area contributed by atoms with E-state index in [2.05, 4.69) is 20.5 Å². The number of benzene rings is 2. The Labute approximate surface area is 115 Å². The van der Waals surface area contributed by atoms with Gasteiger partial charge < -0.3 is 5.11 Å². The lowest BCUT2D eigenvalue weighted by atomic mass is 10.2. The average Bonchev–Trinajstić information content (AvgIpc) is 2.49. The molecule has 5 nitrogen and oxygen atoms in total. The fourth-order valence-electron chi connectivity index (χ4n) is 1.78. The normalized spacial score (nSPS) is 11.0. The highest BCUT2D eigenvalue weighted by atomic mass is 16.3. The Bertz CT molecular complexity index is 770. The summed E-state index contributed by atoms with van der Waals surface area (Å²) in [5.41, 5.74) is 5.07. The molecule has 0 amide bonds. The minimum absolute atomic E-state index is 0.183. The van der Waals surface area contributed by atoms with Crippen molar-refractivity contribution in [2.75, 3.05) is 5.43 Å². The molecule has 0 aliphatic heterocycles. The zero-order valence-corrected chi connectivity index (χ0v) is 10.6. The summed E-state index contributed by atoms with van der Waals surface area (Å²) in [5, 5.41) is 13.6. The van der Waals surface area contributed by atoms with E-state index in [0.29, 0.717) is 11.4 Å². The van der Waals surface area contributed by atoms with Crippen molar-refractivity contribution in [3.63, 3.8) is 0 Å². The zero-order chi connectivity index (χ0) is 13.8. The highest BCUT2D eigenvalue weighted by molar-refractivity contribution is 5.83. The third-order valence-corrected chi connectivity index (χ3v) is 2.77. The molecule has 1 aromatic heterocycles. The number of phenols is 1. The molecule has 0 atom stereocenters. The van der Waals surface area contributed by atoms with E-state index >= 15 is 0 Å². The summed E-state index contributed by atoms with van der Waals surface area (Å²) >= 11 is 0. The summed E-state index contributed by atoms with van der Waals surface area (Å²) in [6, 6.07) is 14.6. The molecule has 2 N–H and O–H groups in total. The van der Waals surface area contributed by atoms with E-state index in [0.717, 1.165) is 11.0 Å². The topological polar surface area (TPSA) is 70.4 Å². The largest absolute Gasteiger partial charge is 0.507 e. The SMILES string of the molecule is Oc1ccccc1/C=N/Nc1cnc2ccccc2n1. The lowest BCUT2D eigenvalue weighted by Crippen LogP contribution is -1.95. The first kappa shape index (κ1) is 12.1. The van der Waals surface area contributed by atoms with Crippen LogP contribution in [0.3, 0.4) is 0 Å². The van der Waals surface area contributed by atoms with Crippen LogP contribution in [0, 0.1) is 0 Å². The number of hydrazone groups is 1. The highest BCUT2D eigenvalue weighted by Gasteiger charge is 1.98. The first-order valence-electron chi connectivity index (χ1n) is 6.12. The van der Waals surface area contributed by atoms with Gasteiger partial charge in [-0.15, -0.1) is 0 Å². The predicted molar refractivity (Wildman–Crippen MR) is 78.9 cm³/mol. The van der Waals surface area contributed by atoms with E-state index in [-0.39, 0.29) is 5.75 Å². The van der Waals surface area contributed by atoms with Gasteiger partial charge in [-0.2, -0.15) is 5.10 Å². The number of phenolic OH excluding ortho intramolecular Hbond substituents is 1. The van der Waals surface area contributed by atoms with Crippen LogP contribution in [0.5, 0.6) is 5.75 Å². The van der Waals surface area contributed by atoms with E-state index in [1.807, 2.05) is 30.3 Å². The number of anilines is 1. The number of hydrogen-bond donors (Lipinski definition) is 2. The van der Waals surface area contributed by atoms with Gasteiger partial charge in [-0.25, -0.2) is 4.98 Å². The van der Waals surface area contributed by atoms with Gasteiger partial charge in [0.15, 0.2) is 5.82 Å². The lowest BCUT2D eigenvalue weighted by Gasteiger charge is -2.01. The molecule has 0 spiro atoms. The molecule has 5 heteroatoms. The second-order valence-electron chi connectivity index (χ2n) is 4.17. The van der Waals surface area contributed by atoms with Crippen molar-refractivity contribution in [2.24, 2.45) is 5.10 Å². The van der Waals surface area contributed by atoms with Crippen LogP contribution in [0.1, 0.15) is 5.56 Å². The number of rotatable bonds is 3. The number of aromatic hydroxyl groups is 1. The van der Waals surface area contributed by atoms with Crippen molar-refractivity contribution in [1.29, 1.82) is 0 Å². The van der Waals surface area contributed by atoms with Gasteiger partial charge in [0.1, 0.15) is 5.75 Å². The van der Waals surface area contributed by atoms with Crippen molar-refractivity contribution in [2.45, 2.75) is 0 Å². The molecule has 3 aromatic rings. The maximum atomic E-state index is 9.60. The Kier molecular flexibility index (Phi) is 3.24. The molecule has 0 bridgehead atoms. The minimum Gasteiger partial charge on any atom is -0.507 e. The Morgan fingerprint density at radius 3 is 2.60 bits per heavy atom. The number of fused-ring (bicyclic) bond motifs is 1. The standard InChI is InChI=1S/C15H12N4O/c20-14-8-4-1-5-11(14)9-17-19-15-10-16-12-6-2-3-7-13(12)18-15/h1-10,20H,(H,18,19)/b17-9+. The number of aromatic nitrogens is 2. The van der Waals surface area contributed by atoms with Crippen molar-refractivity contribution in [3.8, 4) is 5.75 Å². The van der Waals surface area contributed by atoms with Crippen molar-refractivity contribution in [3.05, 3.63) is 60.3 Å².